The molecule has 0 saturated carbocycles. The van der Waals surface area contributed by atoms with Crippen molar-refractivity contribution in [2.24, 2.45) is 0 Å². The fourth-order valence-electron chi connectivity index (χ4n) is 1.86. The van der Waals surface area contributed by atoms with Gasteiger partial charge in [0.15, 0.2) is 11.6 Å². The van der Waals surface area contributed by atoms with Crippen LogP contribution < -0.4 is 10.1 Å². The molecule has 0 aromatic heterocycles. The molecular formula is C16H18FNO. The van der Waals surface area contributed by atoms with Gasteiger partial charge in [-0.15, -0.1) is 0 Å². The average Bonchev–Trinajstić information content (AvgIpc) is 2.39. The normalized spacial score (nSPS) is 10.5. The highest BCUT2D eigenvalue weighted by atomic mass is 19.1. The number of nitrogens with one attached hydrogen (secondary N) is 1. The maximum atomic E-state index is 13.9. The van der Waals surface area contributed by atoms with Gasteiger partial charge in [0.25, 0.3) is 0 Å². The monoisotopic (exact) mass is 259 g/mol. The first kappa shape index (κ1) is 13.6. The summed E-state index contributed by atoms with van der Waals surface area (Å²) < 4.78 is 19.6. The van der Waals surface area contributed by atoms with Gasteiger partial charge in [0.2, 0.25) is 0 Å². The number of ether oxygens (including phenoxy) is 1. The van der Waals surface area contributed by atoms with E-state index in [9.17, 15) is 4.39 Å². The van der Waals surface area contributed by atoms with E-state index in [1.165, 1.54) is 6.07 Å². The third-order valence-electron chi connectivity index (χ3n) is 2.82. The fourth-order valence-corrected chi connectivity index (χ4v) is 1.86. The molecule has 3 heteroatoms. The molecule has 2 aromatic carbocycles. The summed E-state index contributed by atoms with van der Waals surface area (Å²) >= 11 is 0. The first-order valence-corrected chi connectivity index (χ1v) is 6.43. The van der Waals surface area contributed by atoms with Gasteiger partial charge in [-0.3, -0.25) is 0 Å². The van der Waals surface area contributed by atoms with E-state index in [2.05, 4.69) is 5.32 Å². The third-order valence-corrected chi connectivity index (χ3v) is 2.82. The maximum Gasteiger partial charge on any atom is 0.167 e. The molecule has 0 aliphatic carbocycles. The van der Waals surface area contributed by atoms with Gasteiger partial charge in [0.05, 0.1) is 0 Å². The molecule has 0 bridgehead atoms. The summed E-state index contributed by atoms with van der Waals surface area (Å²) in [6, 6.07) is 12.6. The lowest BCUT2D eigenvalue weighted by Crippen LogP contribution is -2.12. The molecule has 0 fully saturated rings. The standard InChI is InChI=1S/C16H18FNO/c1-3-18-11-13-7-5-9-15(17)16(13)19-14-8-4-6-12(2)10-14/h4-10,18H,3,11H2,1-2H3. The van der Waals surface area contributed by atoms with Crippen LogP contribution in [0.2, 0.25) is 0 Å². The number of hydrogen-bond donors (Lipinski definition) is 1. The Kier molecular flexibility index (Phi) is 4.53. The number of aryl methyl sites for hydroxylation is 1. The second-order valence-corrected chi connectivity index (χ2v) is 4.43. The Balaban J connectivity index is 2.27. The SMILES string of the molecule is CCNCc1cccc(F)c1Oc1cccc(C)c1. The first-order chi connectivity index (χ1) is 9.20. The van der Waals surface area contributed by atoms with Gasteiger partial charge in [-0.2, -0.15) is 0 Å². The van der Waals surface area contributed by atoms with Crippen LogP contribution in [-0.4, -0.2) is 6.54 Å². The zero-order valence-corrected chi connectivity index (χ0v) is 11.2. The number of halogens is 1. The minimum absolute atomic E-state index is 0.300. The van der Waals surface area contributed by atoms with E-state index in [1.54, 1.807) is 6.07 Å². The van der Waals surface area contributed by atoms with Gasteiger partial charge in [-0.25, -0.2) is 4.39 Å². The van der Waals surface area contributed by atoms with Gasteiger partial charge in [0.1, 0.15) is 5.75 Å². The lowest BCUT2D eigenvalue weighted by atomic mass is 10.2. The van der Waals surface area contributed by atoms with Crippen LogP contribution in [0, 0.1) is 12.7 Å². The largest absolute Gasteiger partial charge is 0.454 e. The molecule has 0 saturated heterocycles. The average molecular weight is 259 g/mol. The van der Waals surface area contributed by atoms with Crippen LogP contribution >= 0.6 is 0 Å². The lowest BCUT2D eigenvalue weighted by molar-refractivity contribution is 0.433. The Morgan fingerprint density at radius 1 is 1.16 bits per heavy atom. The summed E-state index contributed by atoms with van der Waals surface area (Å²) in [4.78, 5) is 0. The minimum atomic E-state index is -0.336. The number of rotatable bonds is 5. The quantitative estimate of drug-likeness (QED) is 0.875. The molecule has 100 valence electrons. The molecular weight excluding hydrogens is 241 g/mol. The highest BCUT2D eigenvalue weighted by Crippen LogP contribution is 2.28. The predicted molar refractivity (Wildman–Crippen MR) is 75.0 cm³/mol. The van der Waals surface area contributed by atoms with Crippen molar-refractivity contribution in [2.45, 2.75) is 20.4 Å². The second kappa shape index (κ2) is 6.34. The van der Waals surface area contributed by atoms with Crippen molar-refractivity contribution in [3.8, 4) is 11.5 Å². The van der Waals surface area contributed by atoms with E-state index in [1.807, 2.05) is 44.2 Å². The molecule has 0 radical (unpaired) electrons. The highest BCUT2D eigenvalue weighted by molar-refractivity contribution is 5.40. The van der Waals surface area contributed by atoms with Crippen LogP contribution in [-0.2, 0) is 6.54 Å². The van der Waals surface area contributed by atoms with E-state index in [0.717, 1.165) is 17.7 Å². The van der Waals surface area contributed by atoms with Crippen LogP contribution in [0.3, 0.4) is 0 Å². The zero-order chi connectivity index (χ0) is 13.7. The molecule has 2 rings (SSSR count). The lowest BCUT2D eigenvalue weighted by Gasteiger charge is -2.12. The van der Waals surface area contributed by atoms with Gasteiger partial charge >= 0.3 is 0 Å². The molecule has 19 heavy (non-hydrogen) atoms. The third kappa shape index (κ3) is 3.55. The van der Waals surface area contributed by atoms with E-state index in [-0.39, 0.29) is 5.82 Å². The smallest absolute Gasteiger partial charge is 0.167 e. The first-order valence-electron chi connectivity index (χ1n) is 6.43. The second-order valence-electron chi connectivity index (χ2n) is 4.43. The van der Waals surface area contributed by atoms with Crippen molar-refractivity contribution in [2.75, 3.05) is 6.54 Å². The van der Waals surface area contributed by atoms with Gasteiger partial charge in [0, 0.05) is 12.1 Å². The van der Waals surface area contributed by atoms with E-state index >= 15 is 0 Å². The molecule has 0 atom stereocenters. The van der Waals surface area contributed by atoms with Crippen molar-refractivity contribution < 1.29 is 9.13 Å². The summed E-state index contributed by atoms with van der Waals surface area (Å²) in [5, 5.41) is 3.18. The maximum absolute atomic E-state index is 13.9. The Hall–Kier alpha value is -1.87. The van der Waals surface area contributed by atoms with Crippen LogP contribution in [0.5, 0.6) is 11.5 Å². The molecule has 0 unspecified atom stereocenters. The van der Waals surface area contributed by atoms with Crippen molar-refractivity contribution in [1.29, 1.82) is 0 Å². The minimum Gasteiger partial charge on any atom is -0.454 e. The molecule has 2 nitrogen and oxygen atoms in total. The summed E-state index contributed by atoms with van der Waals surface area (Å²) in [5.41, 5.74) is 1.91. The summed E-state index contributed by atoms with van der Waals surface area (Å²) in [6.45, 7) is 5.42. The molecule has 0 spiro atoms. The van der Waals surface area contributed by atoms with Crippen molar-refractivity contribution in [1.82, 2.24) is 5.32 Å². The molecule has 0 aliphatic rings. The van der Waals surface area contributed by atoms with E-state index < -0.39 is 0 Å². The summed E-state index contributed by atoms with van der Waals surface area (Å²) in [7, 11) is 0. The summed E-state index contributed by atoms with van der Waals surface area (Å²) in [6.07, 6.45) is 0. The molecule has 0 aliphatic heterocycles. The molecule has 2 aromatic rings. The van der Waals surface area contributed by atoms with Gasteiger partial charge in [-0.05, 0) is 37.2 Å². The predicted octanol–water partition coefficient (Wildman–Crippen LogP) is 4.04. The van der Waals surface area contributed by atoms with Crippen molar-refractivity contribution >= 4 is 0 Å². The van der Waals surface area contributed by atoms with Crippen LogP contribution in [0.1, 0.15) is 18.1 Å². The van der Waals surface area contributed by atoms with Crippen LogP contribution in [0.15, 0.2) is 42.5 Å². The van der Waals surface area contributed by atoms with Crippen molar-refractivity contribution in [3.63, 3.8) is 0 Å². The van der Waals surface area contributed by atoms with Crippen molar-refractivity contribution in [3.05, 3.63) is 59.4 Å². The topological polar surface area (TPSA) is 21.3 Å². The molecule has 0 amide bonds. The van der Waals surface area contributed by atoms with E-state index in [0.29, 0.717) is 18.0 Å². The van der Waals surface area contributed by atoms with E-state index in [4.69, 9.17) is 4.74 Å². The number of para-hydroxylation sites is 1. The zero-order valence-electron chi connectivity index (χ0n) is 11.2. The Labute approximate surface area is 113 Å². The summed E-state index contributed by atoms with van der Waals surface area (Å²) in [5.74, 6) is 0.619. The van der Waals surface area contributed by atoms with Gasteiger partial charge < -0.3 is 10.1 Å². The molecule has 0 heterocycles. The number of hydrogen-bond acceptors (Lipinski definition) is 2. The molecule has 1 N–H and O–H groups in total. The van der Waals surface area contributed by atoms with Gasteiger partial charge in [-0.1, -0.05) is 31.2 Å². The van der Waals surface area contributed by atoms with Crippen LogP contribution in [0.4, 0.5) is 4.39 Å². The van der Waals surface area contributed by atoms with Crippen LogP contribution in [0.25, 0.3) is 0 Å². The Morgan fingerprint density at radius 2 is 1.95 bits per heavy atom. The highest BCUT2D eigenvalue weighted by Gasteiger charge is 2.10. The number of benzene rings is 2. The Morgan fingerprint density at radius 3 is 2.68 bits per heavy atom. The Bertz CT molecular complexity index is 554. The fraction of sp³-hybridized carbons (Fsp3) is 0.250.